The van der Waals surface area contributed by atoms with Crippen molar-refractivity contribution in [3.8, 4) is 5.75 Å². The summed E-state index contributed by atoms with van der Waals surface area (Å²) < 4.78 is 3.34. The van der Waals surface area contributed by atoms with Gasteiger partial charge in [-0.15, -0.1) is 0 Å². The Morgan fingerprint density at radius 2 is 1.72 bits per heavy atom. The van der Waals surface area contributed by atoms with Crippen molar-refractivity contribution in [2.45, 2.75) is 23.8 Å². The number of benzene rings is 2. The molecule has 4 nitrogen and oxygen atoms in total. The molecule has 1 atom stereocenters. The number of alkyl halides is 3. The second kappa shape index (κ2) is 8.17. The van der Waals surface area contributed by atoms with Gasteiger partial charge in [0.2, 0.25) is 3.79 Å². The van der Waals surface area contributed by atoms with Crippen molar-refractivity contribution in [3.63, 3.8) is 0 Å². The van der Waals surface area contributed by atoms with Crippen LogP contribution in [-0.2, 0) is 0 Å². The van der Waals surface area contributed by atoms with Gasteiger partial charge < -0.3 is 15.4 Å². The molecule has 0 aliphatic rings. The summed E-state index contributed by atoms with van der Waals surface area (Å²) in [5, 5.41) is 5.80. The van der Waals surface area contributed by atoms with E-state index in [1.54, 1.807) is 31.4 Å². The molecule has 0 aliphatic carbocycles. The van der Waals surface area contributed by atoms with Crippen LogP contribution in [0.1, 0.15) is 21.5 Å². The zero-order chi connectivity index (χ0) is 18.6. The van der Waals surface area contributed by atoms with Crippen molar-refractivity contribution in [1.82, 2.24) is 5.32 Å². The summed E-state index contributed by atoms with van der Waals surface area (Å²) in [6, 6.07) is 12.5. The quantitative estimate of drug-likeness (QED) is 0.556. The Kier molecular flexibility index (Phi) is 6.44. The van der Waals surface area contributed by atoms with Crippen LogP contribution in [0.15, 0.2) is 42.5 Å². The van der Waals surface area contributed by atoms with Gasteiger partial charge in [0.05, 0.1) is 7.11 Å². The van der Waals surface area contributed by atoms with Crippen LogP contribution in [0.2, 0.25) is 0 Å². The molecule has 134 valence electrons. The highest BCUT2D eigenvalue weighted by atomic mass is 35.6. The Morgan fingerprint density at radius 3 is 2.24 bits per heavy atom. The predicted octanol–water partition coefficient (Wildman–Crippen LogP) is 4.85. The lowest BCUT2D eigenvalue weighted by atomic mass is 10.1. The van der Waals surface area contributed by atoms with E-state index < -0.39 is 9.96 Å². The van der Waals surface area contributed by atoms with E-state index >= 15 is 0 Å². The highest BCUT2D eigenvalue weighted by Crippen LogP contribution is 2.32. The first-order valence-electron chi connectivity index (χ1n) is 7.56. The summed E-state index contributed by atoms with van der Waals surface area (Å²) in [4.78, 5) is 12.5. The molecule has 1 unspecified atom stereocenters. The number of amides is 1. The van der Waals surface area contributed by atoms with Crippen LogP contribution < -0.4 is 15.4 Å². The van der Waals surface area contributed by atoms with Gasteiger partial charge in [-0.05, 0) is 49.7 Å². The summed E-state index contributed by atoms with van der Waals surface area (Å²) in [7, 11) is 1.56. The van der Waals surface area contributed by atoms with Crippen LogP contribution >= 0.6 is 34.8 Å². The topological polar surface area (TPSA) is 50.4 Å². The van der Waals surface area contributed by atoms with Gasteiger partial charge in [0, 0.05) is 11.3 Å². The molecule has 2 rings (SSSR count). The van der Waals surface area contributed by atoms with Gasteiger partial charge in [0.1, 0.15) is 11.9 Å². The number of carbonyl (C=O) groups is 1. The van der Waals surface area contributed by atoms with Gasteiger partial charge in [-0.3, -0.25) is 4.79 Å². The van der Waals surface area contributed by atoms with Crippen molar-refractivity contribution in [3.05, 3.63) is 59.2 Å². The minimum atomic E-state index is -1.74. The SMILES string of the molecule is COc1ccc(C(=O)NC(Nc2ccc(C)cc2C)C(Cl)(Cl)Cl)cc1. The molecule has 0 aromatic heterocycles. The maximum Gasteiger partial charge on any atom is 0.252 e. The van der Waals surface area contributed by atoms with Gasteiger partial charge in [0.15, 0.2) is 0 Å². The molecule has 2 N–H and O–H groups in total. The Balaban J connectivity index is 2.18. The van der Waals surface area contributed by atoms with E-state index in [0.29, 0.717) is 11.3 Å². The summed E-state index contributed by atoms with van der Waals surface area (Å²) >= 11 is 18.1. The van der Waals surface area contributed by atoms with E-state index in [1.165, 1.54) is 0 Å². The molecule has 7 heteroatoms. The molecule has 2 aromatic carbocycles. The average molecular weight is 402 g/mol. The second-order valence-electron chi connectivity index (χ2n) is 5.64. The van der Waals surface area contributed by atoms with E-state index in [2.05, 4.69) is 10.6 Å². The fraction of sp³-hybridized carbons (Fsp3) is 0.278. The van der Waals surface area contributed by atoms with Crippen LogP contribution in [0.4, 0.5) is 5.69 Å². The maximum atomic E-state index is 12.5. The maximum absolute atomic E-state index is 12.5. The second-order valence-corrected chi connectivity index (χ2v) is 8.01. The molecule has 0 saturated carbocycles. The molecule has 0 heterocycles. The van der Waals surface area contributed by atoms with Crippen molar-refractivity contribution in [1.29, 1.82) is 0 Å². The van der Waals surface area contributed by atoms with Crippen molar-refractivity contribution in [2.75, 3.05) is 12.4 Å². The molecule has 0 spiro atoms. The van der Waals surface area contributed by atoms with Gasteiger partial charge in [-0.25, -0.2) is 0 Å². The summed E-state index contributed by atoms with van der Waals surface area (Å²) in [6.45, 7) is 3.94. The number of carbonyl (C=O) groups excluding carboxylic acids is 1. The number of rotatable bonds is 5. The minimum Gasteiger partial charge on any atom is -0.497 e. The van der Waals surface area contributed by atoms with Gasteiger partial charge in [0.25, 0.3) is 5.91 Å². The first-order valence-corrected chi connectivity index (χ1v) is 8.69. The van der Waals surface area contributed by atoms with E-state index in [-0.39, 0.29) is 5.91 Å². The molecular formula is C18H19Cl3N2O2. The molecule has 0 radical (unpaired) electrons. The Bertz CT molecular complexity index is 743. The monoisotopic (exact) mass is 400 g/mol. The standard InChI is InChI=1S/C18H19Cl3N2O2/c1-11-4-9-15(12(2)10-11)22-17(18(19,20)21)23-16(24)13-5-7-14(25-3)8-6-13/h4-10,17,22H,1-3H3,(H,23,24). The summed E-state index contributed by atoms with van der Waals surface area (Å²) in [6.07, 6.45) is -0.909. The normalized spacial score (nSPS) is 12.4. The highest BCUT2D eigenvalue weighted by Gasteiger charge is 2.34. The fourth-order valence-electron chi connectivity index (χ4n) is 2.29. The lowest BCUT2D eigenvalue weighted by Gasteiger charge is -2.28. The van der Waals surface area contributed by atoms with Crippen molar-refractivity contribution in [2.24, 2.45) is 0 Å². The average Bonchev–Trinajstić information content (AvgIpc) is 2.55. The van der Waals surface area contributed by atoms with Crippen LogP contribution in [0, 0.1) is 13.8 Å². The van der Waals surface area contributed by atoms with Crippen LogP contribution in [0.3, 0.4) is 0 Å². The van der Waals surface area contributed by atoms with Crippen molar-refractivity contribution < 1.29 is 9.53 Å². The first-order chi connectivity index (χ1) is 11.7. The lowest BCUT2D eigenvalue weighted by Crippen LogP contribution is -2.49. The number of halogens is 3. The molecular weight excluding hydrogens is 383 g/mol. The number of ether oxygens (including phenoxy) is 1. The van der Waals surface area contributed by atoms with Gasteiger partial charge >= 0.3 is 0 Å². The highest BCUT2D eigenvalue weighted by molar-refractivity contribution is 6.68. The third-order valence-electron chi connectivity index (χ3n) is 3.64. The molecule has 0 bridgehead atoms. The van der Waals surface area contributed by atoms with E-state index in [1.807, 2.05) is 32.0 Å². The molecule has 0 aliphatic heterocycles. The minimum absolute atomic E-state index is 0.365. The third kappa shape index (κ3) is 5.43. The number of anilines is 1. The summed E-state index contributed by atoms with van der Waals surface area (Å²) in [5.41, 5.74) is 3.31. The lowest BCUT2D eigenvalue weighted by molar-refractivity contribution is 0.0942. The zero-order valence-electron chi connectivity index (χ0n) is 14.1. The summed E-state index contributed by atoms with van der Waals surface area (Å²) in [5.74, 6) is 0.291. The van der Waals surface area contributed by atoms with Crippen LogP contribution in [0.25, 0.3) is 0 Å². The number of hydrogen-bond acceptors (Lipinski definition) is 3. The largest absolute Gasteiger partial charge is 0.497 e. The van der Waals surface area contributed by atoms with Gasteiger partial charge in [-0.2, -0.15) is 0 Å². The Morgan fingerprint density at radius 1 is 1.08 bits per heavy atom. The Labute approximate surface area is 162 Å². The molecule has 0 fully saturated rings. The zero-order valence-corrected chi connectivity index (χ0v) is 16.3. The molecule has 0 saturated heterocycles. The molecule has 2 aromatic rings. The Hall–Kier alpha value is -1.62. The number of methoxy groups -OCH3 is 1. The van der Waals surface area contributed by atoms with E-state index in [9.17, 15) is 4.79 Å². The van der Waals surface area contributed by atoms with E-state index in [4.69, 9.17) is 39.5 Å². The van der Waals surface area contributed by atoms with Crippen LogP contribution in [-0.4, -0.2) is 23.0 Å². The predicted molar refractivity (Wildman–Crippen MR) is 104 cm³/mol. The molecule has 1 amide bonds. The smallest absolute Gasteiger partial charge is 0.252 e. The van der Waals surface area contributed by atoms with Gasteiger partial charge in [-0.1, -0.05) is 52.5 Å². The molecule has 25 heavy (non-hydrogen) atoms. The number of hydrogen-bond donors (Lipinski definition) is 2. The van der Waals surface area contributed by atoms with Crippen molar-refractivity contribution >= 4 is 46.4 Å². The fourth-order valence-corrected chi connectivity index (χ4v) is 2.61. The van der Waals surface area contributed by atoms with E-state index in [0.717, 1.165) is 16.8 Å². The number of aryl methyl sites for hydroxylation is 2. The third-order valence-corrected chi connectivity index (χ3v) is 4.29. The van der Waals surface area contributed by atoms with Crippen LogP contribution in [0.5, 0.6) is 5.75 Å². The number of nitrogens with one attached hydrogen (secondary N) is 2. The first kappa shape index (κ1) is 19.7.